The first-order chi connectivity index (χ1) is 11.5. The number of aryl methyl sites for hydroxylation is 1. The van der Waals surface area contributed by atoms with E-state index in [9.17, 15) is 9.18 Å². The normalized spacial score (nSPS) is 11.5. The highest BCUT2D eigenvalue weighted by atomic mass is 19.1. The van der Waals surface area contributed by atoms with Gasteiger partial charge in [-0.2, -0.15) is 0 Å². The molecule has 24 heavy (non-hydrogen) atoms. The Balaban J connectivity index is 2.13. The molecular formula is C18H21FN2O3. The second-order valence-corrected chi connectivity index (χ2v) is 5.36. The molecule has 1 atom stereocenters. The second-order valence-electron chi connectivity index (χ2n) is 5.36. The number of carbonyl (C=O) groups excluding carboxylic acids is 1. The first-order valence-corrected chi connectivity index (χ1v) is 7.50. The van der Waals surface area contributed by atoms with Crippen molar-refractivity contribution in [3.8, 4) is 11.5 Å². The molecule has 2 rings (SSSR count). The highest BCUT2D eigenvalue weighted by molar-refractivity contribution is 5.96. The standard InChI is InChI=1S/C18H21FN2O3/c1-11-9-16(23-3)17(24-4)10-15(11)20-12(2)18(22)21-14-8-6-5-7-13(14)19/h5-10,12,20H,1-4H3,(H,21,22). The Morgan fingerprint density at radius 1 is 1.08 bits per heavy atom. The zero-order valence-corrected chi connectivity index (χ0v) is 14.1. The van der Waals surface area contributed by atoms with Gasteiger partial charge in [0.15, 0.2) is 11.5 Å². The van der Waals surface area contributed by atoms with Gasteiger partial charge in [0.25, 0.3) is 0 Å². The quantitative estimate of drug-likeness (QED) is 0.849. The van der Waals surface area contributed by atoms with Gasteiger partial charge in [0.2, 0.25) is 5.91 Å². The molecule has 0 saturated heterocycles. The molecule has 0 aliphatic heterocycles. The smallest absolute Gasteiger partial charge is 0.246 e. The maximum Gasteiger partial charge on any atom is 0.246 e. The van der Waals surface area contributed by atoms with Crippen LogP contribution < -0.4 is 20.1 Å². The maximum absolute atomic E-state index is 13.6. The summed E-state index contributed by atoms with van der Waals surface area (Å²) in [6.07, 6.45) is 0. The molecule has 0 saturated carbocycles. The Morgan fingerprint density at radius 2 is 1.71 bits per heavy atom. The minimum absolute atomic E-state index is 0.153. The van der Waals surface area contributed by atoms with Gasteiger partial charge in [0.05, 0.1) is 19.9 Å². The monoisotopic (exact) mass is 332 g/mol. The number of para-hydroxylation sites is 1. The Morgan fingerprint density at radius 3 is 2.33 bits per heavy atom. The van der Waals surface area contributed by atoms with E-state index in [1.165, 1.54) is 12.1 Å². The van der Waals surface area contributed by atoms with Crippen LogP contribution in [0, 0.1) is 12.7 Å². The Labute approximate surface area is 140 Å². The van der Waals surface area contributed by atoms with Gasteiger partial charge in [-0.05, 0) is 37.6 Å². The number of rotatable bonds is 6. The predicted molar refractivity (Wildman–Crippen MR) is 92.4 cm³/mol. The fourth-order valence-electron chi connectivity index (χ4n) is 2.24. The van der Waals surface area contributed by atoms with Crippen molar-refractivity contribution < 1.29 is 18.7 Å². The zero-order valence-electron chi connectivity index (χ0n) is 14.1. The lowest BCUT2D eigenvalue weighted by Crippen LogP contribution is -2.32. The van der Waals surface area contributed by atoms with Crippen molar-refractivity contribution in [2.75, 3.05) is 24.9 Å². The molecule has 5 nitrogen and oxygen atoms in total. The molecule has 0 heterocycles. The molecule has 1 amide bonds. The molecule has 2 aromatic carbocycles. The average Bonchev–Trinajstić information content (AvgIpc) is 2.58. The molecule has 0 aromatic heterocycles. The third kappa shape index (κ3) is 3.95. The molecule has 0 fully saturated rings. The molecule has 6 heteroatoms. The van der Waals surface area contributed by atoms with Crippen LogP contribution >= 0.6 is 0 Å². The number of benzene rings is 2. The molecule has 1 unspecified atom stereocenters. The van der Waals surface area contributed by atoms with Crippen LogP contribution in [-0.2, 0) is 4.79 Å². The number of halogens is 1. The lowest BCUT2D eigenvalue weighted by molar-refractivity contribution is -0.116. The van der Waals surface area contributed by atoms with Crippen molar-refractivity contribution in [3.63, 3.8) is 0 Å². The van der Waals surface area contributed by atoms with Gasteiger partial charge in [0.1, 0.15) is 11.9 Å². The van der Waals surface area contributed by atoms with E-state index < -0.39 is 11.9 Å². The van der Waals surface area contributed by atoms with Crippen LogP contribution in [-0.4, -0.2) is 26.2 Å². The molecule has 0 aliphatic carbocycles. The molecule has 2 aromatic rings. The lowest BCUT2D eigenvalue weighted by Gasteiger charge is -2.19. The summed E-state index contributed by atoms with van der Waals surface area (Å²) in [6.45, 7) is 3.60. The minimum Gasteiger partial charge on any atom is -0.493 e. The van der Waals surface area contributed by atoms with Gasteiger partial charge in [0, 0.05) is 11.8 Å². The summed E-state index contributed by atoms with van der Waals surface area (Å²) in [5.41, 5.74) is 1.79. The molecule has 2 N–H and O–H groups in total. The van der Waals surface area contributed by atoms with E-state index >= 15 is 0 Å². The topological polar surface area (TPSA) is 59.6 Å². The summed E-state index contributed by atoms with van der Waals surface area (Å²) in [6, 6.07) is 9.06. The van der Waals surface area contributed by atoms with E-state index in [1.807, 2.05) is 13.0 Å². The van der Waals surface area contributed by atoms with Crippen molar-refractivity contribution in [2.24, 2.45) is 0 Å². The van der Waals surface area contributed by atoms with Crippen molar-refractivity contribution in [3.05, 3.63) is 47.8 Å². The van der Waals surface area contributed by atoms with Gasteiger partial charge in [-0.1, -0.05) is 12.1 Å². The largest absolute Gasteiger partial charge is 0.493 e. The molecule has 0 spiro atoms. The summed E-state index contributed by atoms with van der Waals surface area (Å²) in [5, 5.41) is 5.67. The number of nitrogens with one attached hydrogen (secondary N) is 2. The first-order valence-electron chi connectivity index (χ1n) is 7.50. The maximum atomic E-state index is 13.6. The summed E-state index contributed by atoms with van der Waals surface area (Å²) in [4.78, 5) is 12.3. The second kappa shape index (κ2) is 7.68. The number of anilines is 2. The van der Waals surface area contributed by atoms with Crippen molar-refractivity contribution >= 4 is 17.3 Å². The van der Waals surface area contributed by atoms with E-state index in [2.05, 4.69) is 10.6 Å². The number of hydrogen-bond acceptors (Lipinski definition) is 4. The van der Waals surface area contributed by atoms with Gasteiger partial charge in [-0.3, -0.25) is 4.79 Å². The fraction of sp³-hybridized carbons (Fsp3) is 0.278. The summed E-state index contributed by atoms with van der Waals surface area (Å²) in [7, 11) is 3.11. The van der Waals surface area contributed by atoms with E-state index in [4.69, 9.17) is 9.47 Å². The molecule has 128 valence electrons. The number of ether oxygens (including phenoxy) is 2. The number of carbonyl (C=O) groups is 1. The minimum atomic E-state index is -0.568. The summed E-state index contributed by atoms with van der Waals surface area (Å²) in [5.74, 6) is 0.367. The van der Waals surface area contributed by atoms with Crippen LogP contribution in [0.3, 0.4) is 0 Å². The van der Waals surface area contributed by atoms with Crippen molar-refractivity contribution in [1.82, 2.24) is 0 Å². The zero-order chi connectivity index (χ0) is 17.7. The number of hydrogen-bond donors (Lipinski definition) is 2. The Hall–Kier alpha value is -2.76. The third-order valence-electron chi connectivity index (χ3n) is 3.63. The number of methoxy groups -OCH3 is 2. The Bertz CT molecular complexity index is 734. The van der Waals surface area contributed by atoms with Crippen molar-refractivity contribution in [2.45, 2.75) is 19.9 Å². The van der Waals surface area contributed by atoms with Crippen LogP contribution in [0.15, 0.2) is 36.4 Å². The van der Waals surface area contributed by atoms with E-state index in [0.29, 0.717) is 11.5 Å². The van der Waals surface area contributed by atoms with Gasteiger partial charge >= 0.3 is 0 Å². The van der Waals surface area contributed by atoms with Crippen LogP contribution in [0.2, 0.25) is 0 Å². The Kier molecular flexibility index (Phi) is 5.63. The SMILES string of the molecule is COc1cc(C)c(NC(C)C(=O)Nc2ccccc2F)cc1OC. The van der Waals surface area contributed by atoms with Crippen LogP contribution in [0.5, 0.6) is 11.5 Å². The first kappa shape index (κ1) is 17.6. The predicted octanol–water partition coefficient (Wildman–Crippen LogP) is 3.59. The molecular weight excluding hydrogens is 311 g/mol. The van der Waals surface area contributed by atoms with E-state index in [0.717, 1.165) is 11.3 Å². The highest BCUT2D eigenvalue weighted by Gasteiger charge is 2.17. The molecule has 0 radical (unpaired) electrons. The third-order valence-corrected chi connectivity index (χ3v) is 3.63. The van der Waals surface area contributed by atoms with E-state index in [1.54, 1.807) is 39.3 Å². The van der Waals surface area contributed by atoms with Crippen LogP contribution in [0.4, 0.5) is 15.8 Å². The summed E-state index contributed by atoms with van der Waals surface area (Å²) < 4.78 is 24.1. The molecule has 0 bridgehead atoms. The van der Waals surface area contributed by atoms with Gasteiger partial charge in [-0.15, -0.1) is 0 Å². The van der Waals surface area contributed by atoms with Crippen molar-refractivity contribution in [1.29, 1.82) is 0 Å². The van der Waals surface area contributed by atoms with E-state index in [-0.39, 0.29) is 11.6 Å². The van der Waals surface area contributed by atoms with Gasteiger partial charge in [-0.25, -0.2) is 4.39 Å². The fourth-order valence-corrected chi connectivity index (χ4v) is 2.24. The summed E-state index contributed by atoms with van der Waals surface area (Å²) >= 11 is 0. The lowest BCUT2D eigenvalue weighted by atomic mass is 10.1. The number of amides is 1. The molecule has 0 aliphatic rings. The average molecular weight is 332 g/mol. The van der Waals surface area contributed by atoms with Crippen LogP contribution in [0.25, 0.3) is 0 Å². The highest BCUT2D eigenvalue weighted by Crippen LogP contribution is 2.33. The van der Waals surface area contributed by atoms with Gasteiger partial charge < -0.3 is 20.1 Å². The van der Waals surface area contributed by atoms with Crippen LogP contribution in [0.1, 0.15) is 12.5 Å².